The molecule has 0 aliphatic rings. The average molecular weight is 265 g/mol. The summed E-state index contributed by atoms with van der Waals surface area (Å²) in [6, 6.07) is 2.13. The van der Waals surface area contributed by atoms with Gasteiger partial charge in [-0.25, -0.2) is 4.98 Å². The van der Waals surface area contributed by atoms with E-state index >= 15 is 0 Å². The monoisotopic (exact) mass is 265 g/mol. The fraction of sp³-hybridized carbons (Fsp3) is 0.667. The Morgan fingerprint density at radius 2 is 2.05 bits per heavy atom. The molecule has 1 aromatic rings. The van der Waals surface area contributed by atoms with Gasteiger partial charge in [-0.3, -0.25) is 0 Å². The number of hydrogen-bond acceptors (Lipinski definition) is 4. The van der Waals surface area contributed by atoms with Crippen LogP contribution >= 0.6 is 0 Å². The van der Waals surface area contributed by atoms with Crippen molar-refractivity contribution in [2.75, 3.05) is 32.1 Å². The third-order valence-electron chi connectivity index (χ3n) is 3.05. The van der Waals surface area contributed by atoms with E-state index in [4.69, 9.17) is 4.74 Å². The van der Waals surface area contributed by atoms with E-state index < -0.39 is 0 Å². The molecular formula is C15H27N3O. The van der Waals surface area contributed by atoms with Gasteiger partial charge in [0.05, 0.1) is 12.7 Å². The maximum absolute atomic E-state index is 5.61. The first-order valence-corrected chi connectivity index (χ1v) is 6.90. The largest absolute Gasteiger partial charge is 0.377 e. The minimum Gasteiger partial charge on any atom is -0.377 e. The van der Waals surface area contributed by atoms with Crippen LogP contribution in [0.15, 0.2) is 6.07 Å². The molecular weight excluding hydrogens is 238 g/mol. The van der Waals surface area contributed by atoms with Crippen LogP contribution in [0, 0.1) is 13.8 Å². The highest BCUT2D eigenvalue weighted by Gasteiger charge is 2.12. The van der Waals surface area contributed by atoms with Crippen LogP contribution in [0.1, 0.15) is 30.7 Å². The van der Waals surface area contributed by atoms with Crippen LogP contribution in [0.5, 0.6) is 0 Å². The second-order valence-electron chi connectivity index (χ2n) is 5.25. The van der Waals surface area contributed by atoms with Crippen molar-refractivity contribution >= 4 is 5.82 Å². The second kappa shape index (κ2) is 7.46. The summed E-state index contributed by atoms with van der Waals surface area (Å²) in [7, 11) is 4.04. The molecule has 4 heteroatoms. The Hall–Kier alpha value is -1.13. The zero-order valence-corrected chi connectivity index (χ0v) is 13.1. The molecule has 0 radical (unpaired) electrons. The summed E-state index contributed by atoms with van der Waals surface area (Å²) in [5.41, 5.74) is 3.61. The van der Waals surface area contributed by atoms with E-state index in [1.807, 2.05) is 14.0 Å². The number of aryl methyl sites for hydroxylation is 2. The molecule has 1 aromatic heterocycles. The van der Waals surface area contributed by atoms with Crippen LogP contribution < -0.4 is 10.2 Å². The molecule has 0 fully saturated rings. The topological polar surface area (TPSA) is 37.4 Å². The summed E-state index contributed by atoms with van der Waals surface area (Å²) in [5, 5.41) is 3.22. The van der Waals surface area contributed by atoms with E-state index in [0.717, 1.165) is 31.2 Å². The third-order valence-corrected chi connectivity index (χ3v) is 3.05. The standard InChI is InChI=1S/C15H27N3O/c1-11(2)19-8-7-18(6)15-14(10-16-5)12(3)9-13(4)17-15/h9,11,16H,7-8,10H2,1-6H3. The normalized spacial score (nSPS) is 11.1. The quantitative estimate of drug-likeness (QED) is 0.821. The molecule has 0 spiro atoms. The van der Waals surface area contributed by atoms with Crippen molar-refractivity contribution in [1.82, 2.24) is 10.3 Å². The fourth-order valence-electron chi connectivity index (χ4n) is 2.09. The molecule has 1 heterocycles. The van der Waals surface area contributed by atoms with Crippen LogP contribution in [0.2, 0.25) is 0 Å². The summed E-state index contributed by atoms with van der Waals surface area (Å²) in [6.07, 6.45) is 0.275. The summed E-state index contributed by atoms with van der Waals surface area (Å²) < 4.78 is 5.61. The van der Waals surface area contributed by atoms with Gasteiger partial charge in [0.2, 0.25) is 0 Å². The maximum Gasteiger partial charge on any atom is 0.133 e. The summed E-state index contributed by atoms with van der Waals surface area (Å²) in [5.74, 6) is 1.05. The number of aromatic nitrogens is 1. The van der Waals surface area contributed by atoms with Crippen molar-refractivity contribution in [3.8, 4) is 0 Å². The Labute approximate surface area is 117 Å². The summed E-state index contributed by atoms with van der Waals surface area (Å²) >= 11 is 0. The van der Waals surface area contributed by atoms with Gasteiger partial charge in [0.1, 0.15) is 5.82 Å². The highest BCUT2D eigenvalue weighted by Crippen LogP contribution is 2.21. The molecule has 4 nitrogen and oxygen atoms in total. The van der Waals surface area contributed by atoms with Crippen LogP contribution in [0.25, 0.3) is 0 Å². The molecule has 0 unspecified atom stereocenters. The van der Waals surface area contributed by atoms with Crippen molar-refractivity contribution in [2.45, 2.75) is 40.3 Å². The lowest BCUT2D eigenvalue weighted by molar-refractivity contribution is 0.0845. The Morgan fingerprint density at radius 1 is 1.37 bits per heavy atom. The molecule has 1 rings (SSSR count). The number of nitrogens with zero attached hydrogens (tertiary/aromatic N) is 2. The van der Waals surface area contributed by atoms with Gasteiger partial charge in [0, 0.05) is 31.4 Å². The fourth-order valence-corrected chi connectivity index (χ4v) is 2.09. The van der Waals surface area contributed by atoms with Gasteiger partial charge in [-0.1, -0.05) is 0 Å². The van der Waals surface area contributed by atoms with E-state index in [1.165, 1.54) is 11.1 Å². The van der Waals surface area contributed by atoms with Gasteiger partial charge in [0.15, 0.2) is 0 Å². The Kier molecular flexibility index (Phi) is 6.25. The molecule has 0 amide bonds. The van der Waals surface area contributed by atoms with E-state index in [0.29, 0.717) is 0 Å². The van der Waals surface area contributed by atoms with Crippen LogP contribution in [-0.2, 0) is 11.3 Å². The predicted octanol–water partition coefficient (Wildman–Crippen LogP) is 2.28. The first-order chi connectivity index (χ1) is 8.95. The molecule has 0 aromatic carbocycles. The van der Waals surface area contributed by atoms with Crippen molar-refractivity contribution < 1.29 is 4.74 Å². The highest BCUT2D eigenvalue weighted by atomic mass is 16.5. The van der Waals surface area contributed by atoms with Crippen molar-refractivity contribution in [1.29, 1.82) is 0 Å². The molecule has 0 saturated carbocycles. The molecule has 0 saturated heterocycles. The van der Waals surface area contributed by atoms with Gasteiger partial charge in [-0.15, -0.1) is 0 Å². The molecule has 0 bridgehead atoms. The predicted molar refractivity (Wildman–Crippen MR) is 80.8 cm³/mol. The molecule has 19 heavy (non-hydrogen) atoms. The lowest BCUT2D eigenvalue weighted by Crippen LogP contribution is -2.27. The van der Waals surface area contributed by atoms with E-state index in [-0.39, 0.29) is 6.10 Å². The van der Waals surface area contributed by atoms with Gasteiger partial charge >= 0.3 is 0 Å². The number of likely N-dealkylation sites (N-methyl/N-ethyl adjacent to an activating group) is 1. The minimum atomic E-state index is 0.275. The first-order valence-electron chi connectivity index (χ1n) is 6.90. The summed E-state index contributed by atoms with van der Waals surface area (Å²) in [4.78, 5) is 6.86. The third kappa shape index (κ3) is 4.80. The molecule has 0 atom stereocenters. The summed E-state index contributed by atoms with van der Waals surface area (Å²) in [6.45, 7) is 10.7. The van der Waals surface area contributed by atoms with Crippen molar-refractivity contribution in [3.05, 3.63) is 22.9 Å². The molecule has 0 aliphatic heterocycles. The van der Waals surface area contributed by atoms with Gasteiger partial charge in [-0.05, 0) is 46.4 Å². The van der Waals surface area contributed by atoms with Crippen molar-refractivity contribution in [3.63, 3.8) is 0 Å². The van der Waals surface area contributed by atoms with E-state index in [9.17, 15) is 0 Å². The SMILES string of the molecule is CNCc1c(C)cc(C)nc1N(C)CCOC(C)C. The van der Waals surface area contributed by atoms with Gasteiger partial charge in [-0.2, -0.15) is 0 Å². The highest BCUT2D eigenvalue weighted by molar-refractivity contribution is 5.51. The number of ether oxygens (including phenoxy) is 1. The Morgan fingerprint density at radius 3 is 2.63 bits per heavy atom. The smallest absolute Gasteiger partial charge is 0.133 e. The Balaban J connectivity index is 2.84. The lowest BCUT2D eigenvalue weighted by atomic mass is 10.1. The van der Waals surface area contributed by atoms with Gasteiger partial charge < -0.3 is 15.0 Å². The van der Waals surface area contributed by atoms with E-state index in [1.54, 1.807) is 0 Å². The van der Waals surface area contributed by atoms with Crippen LogP contribution in [0.4, 0.5) is 5.82 Å². The van der Waals surface area contributed by atoms with E-state index in [2.05, 4.69) is 49.1 Å². The minimum absolute atomic E-state index is 0.275. The van der Waals surface area contributed by atoms with Crippen LogP contribution in [0.3, 0.4) is 0 Å². The molecule has 0 aliphatic carbocycles. The van der Waals surface area contributed by atoms with Crippen molar-refractivity contribution in [2.24, 2.45) is 0 Å². The molecule has 108 valence electrons. The average Bonchev–Trinajstić information content (AvgIpc) is 2.31. The zero-order chi connectivity index (χ0) is 14.4. The zero-order valence-electron chi connectivity index (χ0n) is 13.1. The van der Waals surface area contributed by atoms with Crippen LogP contribution in [-0.4, -0.2) is 38.3 Å². The molecule has 1 N–H and O–H groups in total. The number of hydrogen-bond donors (Lipinski definition) is 1. The number of rotatable bonds is 7. The number of pyridine rings is 1. The number of anilines is 1. The van der Waals surface area contributed by atoms with Gasteiger partial charge in [0.25, 0.3) is 0 Å². The lowest BCUT2D eigenvalue weighted by Gasteiger charge is -2.23. The Bertz CT molecular complexity index is 405. The second-order valence-corrected chi connectivity index (χ2v) is 5.25. The number of nitrogens with one attached hydrogen (secondary N) is 1. The first kappa shape index (κ1) is 15.9. The maximum atomic E-state index is 5.61.